The highest BCUT2D eigenvalue weighted by molar-refractivity contribution is 7.85. The summed E-state index contributed by atoms with van der Waals surface area (Å²) in [4.78, 5) is 1.47. The largest absolute Gasteiger partial charge is 0.311 e. The van der Waals surface area contributed by atoms with Crippen LogP contribution in [0.4, 0.5) is 0 Å². The zero-order chi connectivity index (χ0) is 14.4. The van der Waals surface area contributed by atoms with Gasteiger partial charge in [-0.1, -0.05) is 26.3 Å². The Morgan fingerprint density at radius 2 is 2.30 bits per heavy atom. The highest BCUT2D eigenvalue weighted by Crippen LogP contribution is 2.24. The molecule has 0 amide bonds. The van der Waals surface area contributed by atoms with Crippen molar-refractivity contribution >= 4 is 22.1 Å². The molecule has 1 aliphatic rings. The van der Waals surface area contributed by atoms with E-state index in [0.717, 1.165) is 31.4 Å². The Labute approximate surface area is 129 Å². The molecule has 4 atom stereocenters. The maximum absolute atomic E-state index is 12.0. The normalized spacial score (nSPS) is 26.3. The van der Waals surface area contributed by atoms with Gasteiger partial charge in [0.2, 0.25) is 0 Å². The van der Waals surface area contributed by atoms with E-state index in [9.17, 15) is 4.21 Å². The molecule has 2 rings (SSSR count). The Hall–Kier alpha value is -0.190. The third-order valence-corrected chi connectivity index (χ3v) is 6.91. The minimum atomic E-state index is -0.620. The Morgan fingerprint density at radius 3 is 2.95 bits per heavy atom. The van der Waals surface area contributed by atoms with E-state index >= 15 is 0 Å². The monoisotopic (exact) mass is 313 g/mol. The van der Waals surface area contributed by atoms with Gasteiger partial charge in [-0.05, 0) is 43.6 Å². The van der Waals surface area contributed by atoms with Crippen LogP contribution in [0.5, 0.6) is 0 Å². The maximum Gasteiger partial charge on any atom is 0.0362 e. The third kappa shape index (κ3) is 4.68. The van der Waals surface area contributed by atoms with Gasteiger partial charge in [0.1, 0.15) is 0 Å². The van der Waals surface area contributed by atoms with Gasteiger partial charge in [-0.3, -0.25) is 4.21 Å². The summed E-state index contributed by atoms with van der Waals surface area (Å²) in [5, 5.41) is 6.40. The molecule has 114 valence electrons. The molecular formula is C16H27NOS2. The fraction of sp³-hybridized carbons (Fsp3) is 0.750. The lowest BCUT2D eigenvalue weighted by atomic mass is 9.93. The molecule has 1 fully saturated rings. The van der Waals surface area contributed by atoms with Crippen molar-refractivity contribution in [2.45, 2.75) is 69.7 Å². The van der Waals surface area contributed by atoms with Gasteiger partial charge in [-0.25, -0.2) is 0 Å². The van der Waals surface area contributed by atoms with E-state index in [0.29, 0.717) is 17.3 Å². The zero-order valence-corrected chi connectivity index (χ0v) is 14.3. The summed E-state index contributed by atoms with van der Waals surface area (Å²) in [6, 6.07) is 5.49. The van der Waals surface area contributed by atoms with Crippen molar-refractivity contribution < 1.29 is 4.21 Å². The summed E-state index contributed by atoms with van der Waals surface area (Å²) in [7, 11) is -0.620. The molecule has 0 aromatic carbocycles. The summed E-state index contributed by atoms with van der Waals surface area (Å²) in [6.07, 6.45) is 7.02. The first kappa shape index (κ1) is 16.2. The highest BCUT2D eigenvalue weighted by Gasteiger charge is 2.26. The molecule has 1 saturated carbocycles. The lowest BCUT2D eigenvalue weighted by Gasteiger charge is -2.32. The molecule has 1 aliphatic carbocycles. The van der Waals surface area contributed by atoms with E-state index in [1.165, 1.54) is 17.7 Å². The van der Waals surface area contributed by atoms with Crippen LogP contribution in [-0.2, 0) is 17.2 Å². The molecule has 2 nitrogen and oxygen atoms in total. The maximum atomic E-state index is 12.0. The van der Waals surface area contributed by atoms with Gasteiger partial charge in [0.25, 0.3) is 0 Å². The summed E-state index contributed by atoms with van der Waals surface area (Å²) >= 11 is 1.85. The average Bonchev–Trinajstić information content (AvgIpc) is 2.99. The van der Waals surface area contributed by atoms with Crippen LogP contribution >= 0.6 is 11.3 Å². The Morgan fingerprint density at radius 1 is 1.45 bits per heavy atom. The van der Waals surface area contributed by atoms with Crippen molar-refractivity contribution in [2.75, 3.05) is 5.75 Å². The van der Waals surface area contributed by atoms with Crippen LogP contribution in [0.2, 0.25) is 0 Å². The average molecular weight is 314 g/mol. The van der Waals surface area contributed by atoms with Crippen LogP contribution in [0.15, 0.2) is 17.5 Å². The second-order valence-electron chi connectivity index (χ2n) is 5.71. The zero-order valence-electron chi connectivity index (χ0n) is 12.6. The second kappa shape index (κ2) is 8.30. The fourth-order valence-electron chi connectivity index (χ4n) is 3.10. The SMILES string of the molecule is CC[C@H](Cc1cccs1)N[C@@H]1CCC[C@H]([S@@](=O)CC)C1. The van der Waals surface area contributed by atoms with Gasteiger partial charge in [0.05, 0.1) is 0 Å². The van der Waals surface area contributed by atoms with E-state index in [2.05, 4.69) is 29.8 Å². The van der Waals surface area contributed by atoms with Crippen LogP contribution in [-0.4, -0.2) is 27.3 Å². The first-order valence-electron chi connectivity index (χ1n) is 7.88. The van der Waals surface area contributed by atoms with E-state index < -0.39 is 10.8 Å². The highest BCUT2D eigenvalue weighted by atomic mass is 32.2. The van der Waals surface area contributed by atoms with E-state index in [1.54, 1.807) is 0 Å². The molecule has 0 unspecified atom stereocenters. The van der Waals surface area contributed by atoms with Crippen LogP contribution in [0.3, 0.4) is 0 Å². The molecule has 1 aromatic rings. The van der Waals surface area contributed by atoms with E-state index in [4.69, 9.17) is 0 Å². The number of rotatable bonds is 7. The van der Waals surface area contributed by atoms with Crippen molar-refractivity contribution in [1.29, 1.82) is 0 Å². The number of hydrogen-bond acceptors (Lipinski definition) is 3. The topological polar surface area (TPSA) is 29.1 Å². The van der Waals surface area contributed by atoms with Crippen molar-refractivity contribution in [3.05, 3.63) is 22.4 Å². The molecule has 0 radical (unpaired) electrons. The predicted octanol–water partition coefficient (Wildman–Crippen LogP) is 3.74. The van der Waals surface area contributed by atoms with Crippen LogP contribution < -0.4 is 5.32 Å². The van der Waals surface area contributed by atoms with Gasteiger partial charge in [0, 0.05) is 38.8 Å². The Balaban J connectivity index is 1.85. The minimum Gasteiger partial charge on any atom is -0.311 e. The van der Waals surface area contributed by atoms with Crippen LogP contribution in [0.1, 0.15) is 50.8 Å². The second-order valence-corrected chi connectivity index (χ2v) is 8.75. The molecule has 1 N–H and O–H groups in total. The smallest absolute Gasteiger partial charge is 0.0362 e. The molecule has 0 bridgehead atoms. The third-order valence-electron chi connectivity index (χ3n) is 4.27. The summed E-state index contributed by atoms with van der Waals surface area (Å²) < 4.78 is 12.0. The number of hydrogen-bond donors (Lipinski definition) is 1. The Kier molecular flexibility index (Phi) is 6.72. The Bertz CT molecular complexity index is 405. The van der Waals surface area contributed by atoms with Crippen molar-refractivity contribution in [3.63, 3.8) is 0 Å². The van der Waals surface area contributed by atoms with E-state index in [-0.39, 0.29) is 0 Å². The quantitative estimate of drug-likeness (QED) is 0.831. The van der Waals surface area contributed by atoms with Crippen molar-refractivity contribution in [3.8, 4) is 0 Å². The van der Waals surface area contributed by atoms with Gasteiger partial charge in [0.15, 0.2) is 0 Å². The van der Waals surface area contributed by atoms with Crippen molar-refractivity contribution in [1.82, 2.24) is 5.32 Å². The van der Waals surface area contributed by atoms with Crippen LogP contribution in [0, 0.1) is 0 Å². The van der Waals surface area contributed by atoms with Gasteiger partial charge < -0.3 is 5.32 Å². The summed E-state index contributed by atoms with van der Waals surface area (Å²) in [6.45, 7) is 4.30. The van der Waals surface area contributed by atoms with Gasteiger partial charge in [-0.2, -0.15) is 0 Å². The fourth-order valence-corrected chi connectivity index (χ4v) is 5.23. The number of thiophene rings is 1. The first-order chi connectivity index (χ1) is 9.72. The molecular weight excluding hydrogens is 286 g/mol. The summed E-state index contributed by atoms with van der Waals surface area (Å²) in [5.41, 5.74) is 0. The summed E-state index contributed by atoms with van der Waals surface area (Å²) in [5.74, 6) is 0.809. The molecule has 0 spiro atoms. The van der Waals surface area contributed by atoms with E-state index in [1.807, 2.05) is 18.3 Å². The molecule has 0 aliphatic heterocycles. The first-order valence-corrected chi connectivity index (χ1v) is 10.1. The number of nitrogens with one attached hydrogen (secondary N) is 1. The van der Waals surface area contributed by atoms with Crippen LogP contribution in [0.25, 0.3) is 0 Å². The lowest BCUT2D eigenvalue weighted by molar-refractivity contribution is 0.333. The molecule has 1 heterocycles. The minimum absolute atomic E-state index is 0.422. The van der Waals surface area contributed by atoms with Crippen molar-refractivity contribution in [2.24, 2.45) is 0 Å². The van der Waals surface area contributed by atoms with Gasteiger partial charge in [-0.15, -0.1) is 11.3 Å². The lowest BCUT2D eigenvalue weighted by Crippen LogP contribution is -2.43. The molecule has 1 aromatic heterocycles. The predicted molar refractivity (Wildman–Crippen MR) is 90.0 cm³/mol. The standard InChI is InChI=1S/C16H27NOS2/c1-3-13(11-15-8-6-10-19-15)17-14-7-5-9-16(12-14)20(18)4-2/h6,8,10,13-14,16-17H,3-5,7,9,11-12H2,1-2H3/t13-,14-,16+,20+/m1/s1. The molecule has 0 saturated heterocycles. The van der Waals surface area contributed by atoms with Gasteiger partial charge >= 0.3 is 0 Å². The molecule has 20 heavy (non-hydrogen) atoms. The molecule has 4 heteroatoms.